The molecule has 170 valence electrons. The minimum atomic E-state index is -0.435. The first-order valence-corrected chi connectivity index (χ1v) is 11.2. The quantitative estimate of drug-likeness (QED) is 0.720. The Morgan fingerprint density at radius 1 is 1.06 bits per heavy atom. The molecule has 0 saturated carbocycles. The van der Waals surface area contributed by atoms with E-state index < -0.39 is 5.54 Å². The molecule has 2 heterocycles. The summed E-state index contributed by atoms with van der Waals surface area (Å²) in [5.74, 6) is 0.699. The number of methoxy groups -OCH3 is 1. The fraction of sp³-hybridized carbons (Fsp3) is 0.440. The molecule has 1 atom stereocenters. The zero-order chi connectivity index (χ0) is 22.6. The van der Waals surface area contributed by atoms with Gasteiger partial charge in [0.2, 0.25) is 11.8 Å². The van der Waals surface area contributed by atoms with E-state index in [0.29, 0.717) is 45.2 Å². The third kappa shape index (κ3) is 5.21. The van der Waals surface area contributed by atoms with Gasteiger partial charge in [0.15, 0.2) is 0 Å². The van der Waals surface area contributed by atoms with Crippen molar-refractivity contribution in [2.24, 2.45) is 0 Å². The number of carbonyl (C=O) groups excluding carboxylic acids is 2. The Kier molecular flexibility index (Phi) is 6.63. The lowest BCUT2D eigenvalue weighted by molar-refractivity contribution is -0.132. The van der Waals surface area contributed by atoms with E-state index in [2.05, 4.69) is 10.2 Å². The third-order valence-corrected chi connectivity index (χ3v) is 6.58. The molecule has 1 N–H and O–H groups in total. The van der Waals surface area contributed by atoms with E-state index in [1.54, 1.807) is 19.2 Å². The van der Waals surface area contributed by atoms with Gasteiger partial charge in [0.25, 0.3) is 0 Å². The number of nitrogens with zero attached hydrogens (tertiary/aromatic N) is 2. The van der Waals surface area contributed by atoms with E-state index in [0.717, 1.165) is 30.1 Å². The summed E-state index contributed by atoms with van der Waals surface area (Å²) in [6.45, 7) is 2.94. The summed E-state index contributed by atoms with van der Waals surface area (Å²) in [5, 5.41) is 3.10. The van der Waals surface area contributed by atoms with Crippen molar-refractivity contribution in [1.29, 1.82) is 0 Å². The summed E-state index contributed by atoms with van der Waals surface area (Å²) in [7, 11) is 1.65. The Morgan fingerprint density at radius 3 is 2.34 bits per heavy atom. The maximum absolute atomic E-state index is 13.3. The number of nitrogens with one attached hydrogen (secondary N) is 1. The maximum Gasteiger partial charge on any atom is 0.222 e. The first kappa shape index (κ1) is 22.1. The maximum atomic E-state index is 13.3. The van der Waals surface area contributed by atoms with Crippen LogP contribution in [0.4, 0.5) is 10.1 Å². The average Bonchev–Trinajstić information content (AvgIpc) is 3.19. The van der Waals surface area contributed by atoms with Crippen LogP contribution in [0.3, 0.4) is 0 Å². The summed E-state index contributed by atoms with van der Waals surface area (Å²) in [5.41, 5.74) is 1.66. The number of amides is 2. The summed E-state index contributed by atoms with van der Waals surface area (Å²) < 4.78 is 18.5. The molecule has 0 spiro atoms. The molecule has 2 saturated heterocycles. The number of benzene rings is 2. The zero-order valence-electron chi connectivity index (χ0n) is 18.5. The molecule has 1 unspecified atom stereocenters. The largest absolute Gasteiger partial charge is 0.497 e. The minimum Gasteiger partial charge on any atom is -0.497 e. The number of hydrogen-bond acceptors (Lipinski definition) is 4. The minimum absolute atomic E-state index is 0.0210. The highest BCUT2D eigenvalue weighted by Gasteiger charge is 2.38. The SMILES string of the molecule is COc1ccc(N2CCN(C(=O)CCC3(Cc4ccc(F)cc4)CCC(=O)N3)CC2)cc1. The van der Waals surface area contributed by atoms with Gasteiger partial charge in [0.05, 0.1) is 7.11 Å². The lowest BCUT2D eigenvalue weighted by Gasteiger charge is -2.37. The third-order valence-electron chi connectivity index (χ3n) is 6.58. The highest BCUT2D eigenvalue weighted by molar-refractivity contribution is 5.80. The van der Waals surface area contributed by atoms with Crippen LogP contribution in [0.1, 0.15) is 31.2 Å². The number of ether oxygens (including phenoxy) is 1. The second-order valence-electron chi connectivity index (χ2n) is 8.70. The molecular formula is C25H30FN3O3. The van der Waals surface area contributed by atoms with Gasteiger partial charge in [0, 0.05) is 50.2 Å². The van der Waals surface area contributed by atoms with E-state index in [1.165, 1.54) is 12.1 Å². The first-order chi connectivity index (χ1) is 15.5. The van der Waals surface area contributed by atoms with Gasteiger partial charge in [-0.3, -0.25) is 9.59 Å². The first-order valence-electron chi connectivity index (χ1n) is 11.2. The number of anilines is 1. The van der Waals surface area contributed by atoms with Gasteiger partial charge >= 0.3 is 0 Å². The van der Waals surface area contributed by atoms with Crippen LogP contribution in [-0.4, -0.2) is 55.5 Å². The zero-order valence-corrected chi connectivity index (χ0v) is 18.5. The highest BCUT2D eigenvalue weighted by atomic mass is 19.1. The molecule has 2 fully saturated rings. The number of piperazine rings is 1. The van der Waals surface area contributed by atoms with Crippen molar-refractivity contribution in [3.8, 4) is 5.75 Å². The lowest BCUT2D eigenvalue weighted by Crippen LogP contribution is -2.50. The molecule has 2 aromatic rings. The molecule has 2 aliphatic heterocycles. The molecule has 2 aromatic carbocycles. The van der Waals surface area contributed by atoms with Crippen LogP contribution in [0.15, 0.2) is 48.5 Å². The Morgan fingerprint density at radius 2 is 1.75 bits per heavy atom. The predicted molar refractivity (Wildman–Crippen MR) is 121 cm³/mol. The molecule has 0 radical (unpaired) electrons. The van der Waals surface area contributed by atoms with Gasteiger partial charge in [-0.2, -0.15) is 0 Å². The average molecular weight is 440 g/mol. The number of rotatable bonds is 7. The van der Waals surface area contributed by atoms with E-state index >= 15 is 0 Å². The van der Waals surface area contributed by atoms with Crippen molar-refractivity contribution in [1.82, 2.24) is 10.2 Å². The van der Waals surface area contributed by atoms with Crippen LogP contribution in [0.2, 0.25) is 0 Å². The van der Waals surface area contributed by atoms with Crippen LogP contribution < -0.4 is 15.0 Å². The van der Waals surface area contributed by atoms with Crippen molar-refractivity contribution in [3.63, 3.8) is 0 Å². The van der Waals surface area contributed by atoms with Crippen molar-refractivity contribution < 1.29 is 18.7 Å². The molecule has 32 heavy (non-hydrogen) atoms. The van der Waals surface area contributed by atoms with E-state index in [4.69, 9.17) is 4.74 Å². The topological polar surface area (TPSA) is 61.9 Å². The molecular weight excluding hydrogens is 409 g/mol. The van der Waals surface area contributed by atoms with Crippen molar-refractivity contribution in [3.05, 3.63) is 59.9 Å². The Labute approximate surface area is 188 Å². The molecule has 6 nitrogen and oxygen atoms in total. The van der Waals surface area contributed by atoms with Crippen LogP contribution >= 0.6 is 0 Å². The molecule has 7 heteroatoms. The summed E-state index contributed by atoms with van der Waals surface area (Å²) in [6.07, 6.45) is 2.76. The van der Waals surface area contributed by atoms with Gasteiger partial charge < -0.3 is 19.9 Å². The summed E-state index contributed by atoms with van der Waals surface area (Å²) in [4.78, 5) is 29.1. The predicted octanol–water partition coefficient (Wildman–Crippen LogP) is 3.15. The van der Waals surface area contributed by atoms with Gasteiger partial charge in [-0.25, -0.2) is 4.39 Å². The molecule has 0 aliphatic carbocycles. The Hall–Kier alpha value is -3.09. The normalized spacial score (nSPS) is 20.9. The summed E-state index contributed by atoms with van der Waals surface area (Å²) >= 11 is 0. The Bertz CT molecular complexity index is 940. The van der Waals surface area contributed by atoms with Crippen LogP contribution in [0, 0.1) is 5.82 Å². The number of carbonyl (C=O) groups is 2. The molecule has 0 aromatic heterocycles. The fourth-order valence-electron chi connectivity index (χ4n) is 4.69. The number of hydrogen-bond donors (Lipinski definition) is 1. The van der Waals surface area contributed by atoms with E-state index in [9.17, 15) is 14.0 Å². The standard InChI is InChI=1S/C25H30FN3O3/c1-32-22-8-6-21(7-9-22)28-14-16-29(17-15-28)24(31)11-13-25(12-10-23(30)27-25)18-19-2-4-20(26)5-3-19/h2-9H,10-18H2,1H3,(H,27,30). The van der Waals surface area contributed by atoms with Gasteiger partial charge in [-0.05, 0) is 61.2 Å². The molecule has 2 amide bonds. The highest BCUT2D eigenvalue weighted by Crippen LogP contribution is 2.30. The van der Waals surface area contributed by atoms with E-state index in [1.807, 2.05) is 29.2 Å². The van der Waals surface area contributed by atoms with E-state index in [-0.39, 0.29) is 17.6 Å². The van der Waals surface area contributed by atoms with Gasteiger partial charge in [-0.15, -0.1) is 0 Å². The molecule has 0 bridgehead atoms. The second kappa shape index (κ2) is 9.59. The molecule has 4 rings (SSSR count). The smallest absolute Gasteiger partial charge is 0.222 e. The second-order valence-corrected chi connectivity index (χ2v) is 8.70. The fourth-order valence-corrected chi connectivity index (χ4v) is 4.69. The molecule has 2 aliphatic rings. The summed E-state index contributed by atoms with van der Waals surface area (Å²) in [6, 6.07) is 14.4. The van der Waals surface area contributed by atoms with Crippen molar-refractivity contribution in [2.75, 3.05) is 38.2 Å². The van der Waals surface area contributed by atoms with Gasteiger partial charge in [0.1, 0.15) is 11.6 Å². The Balaban J connectivity index is 1.31. The van der Waals surface area contributed by atoms with Crippen LogP contribution in [0.25, 0.3) is 0 Å². The van der Waals surface area contributed by atoms with Crippen LogP contribution in [0.5, 0.6) is 5.75 Å². The number of halogens is 1. The van der Waals surface area contributed by atoms with Gasteiger partial charge in [-0.1, -0.05) is 12.1 Å². The van der Waals surface area contributed by atoms with Crippen molar-refractivity contribution in [2.45, 2.75) is 37.6 Å². The monoisotopic (exact) mass is 439 g/mol. The van der Waals surface area contributed by atoms with Crippen LogP contribution in [-0.2, 0) is 16.0 Å². The van der Waals surface area contributed by atoms with Crippen molar-refractivity contribution >= 4 is 17.5 Å². The lowest BCUT2D eigenvalue weighted by atomic mass is 9.85.